The predicted molar refractivity (Wildman–Crippen MR) is 100 cm³/mol. The number of nitrogens with zero attached hydrogens (tertiary/aromatic N) is 2. The highest BCUT2D eigenvalue weighted by atomic mass is 32.2. The Morgan fingerprint density at radius 3 is 2.52 bits per heavy atom. The van der Waals surface area contributed by atoms with Crippen LogP contribution < -0.4 is 0 Å². The highest BCUT2D eigenvalue weighted by Gasteiger charge is 2.32. The molecule has 0 aliphatic carbocycles. The summed E-state index contributed by atoms with van der Waals surface area (Å²) in [6.07, 6.45) is 2.82. The van der Waals surface area contributed by atoms with E-state index in [1.807, 2.05) is 0 Å². The standard InChI is InChI=1S/C17H12N2O4S2/c20-12-6-5-10(14(22)8-12)7-15-16(23)19(17(24)25-15)18-9-11-3-1-2-4-13(11)21/h1-9,20-22H/b15-7+,18-9+. The topological polar surface area (TPSA) is 93.4 Å². The van der Waals surface area contributed by atoms with E-state index in [1.54, 1.807) is 18.2 Å². The van der Waals surface area contributed by atoms with Gasteiger partial charge < -0.3 is 15.3 Å². The number of carbonyl (C=O) groups excluding carboxylic acids is 1. The van der Waals surface area contributed by atoms with Gasteiger partial charge in [-0.15, -0.1) is 0 Å². The van der Waals surface area contributed by atoms with Gasteiger partial charge in [-0.1, -0.05) is 23.9 Å². The first-order chi connectivity index (χ1) is 12.0. The van der Waals surface area contributed by atoms with Crippen molar-refractivity contribution in [3.05, 3.63) is 58.5 Å². The first-order valence-corrected chi connectivity index (χ1v) is 8.30. The summed E-state index contributed by atoms with van der Waals surface area (Å²) in [7, 11) is 0. The Morgan fingerprint density at radius 2 is 1.80 bits per heavy atom. The van der Waals surface area contributed by atoms with Crippen molar-refractivity contribution >= 4 is 46.5 Å². The Bertz CT molecular complexity index is 925. The van der Waals surface area contributed by atoms with Crippen molar-refractivity contribution in [2.45, 2.75) is 0 Å². The van der Waals surface area contributed by atoms with E-state index >= 15 is 0 Å². The highest BCUT2D eigenvalue weighted by molar-refractivity contribution is 8.26. The fourth-order valence-electron chi connectivity index (χ4n) is 2.07. The van der Waals surface area contributed by atoms with Crippen LogP contribution in [0.3, 0.4) is 0 Å². The third-order valence-electron chi connectivity index (χ3n) is 3.32. The molecule has 0 radical (unpaired) electrons. The Balaban J connectivity index is 1.85. The van der Waals surface area contributed by atoms with Gasteiger partial charge in [-0.3, -0.25) is 4.79 Å². The maximum absolute atomic E-state index is 12.4. The summed E-state index contributed by atoms with van der Waals surface area (Å²) in [6.45, 7) is 0. The summed E-state index contributed by atoms with van der Waals surface area (Å²) >= 11 is 6.21. The van der Waals surface area contributed by atoms with Crippen molar-refractivity contribution in [3.8, 4) is 17.2 Å². The minimum Gasteiger partial charge on any atom is -0.508 e. The average molecular weight is 372 g/mol. The molecular formula is C17H12N2O4S2. The molecule has 1 aliphatic rings. The minimum absolute atomic E-state index is 0.0428. The molecule has 126 valence electrons. The van der Waals surface area contributed by atoms with Gasteiger partial charge >= 0.3 is 0 Å². The van der Waals surface area contributed by atoms with Crippen LogP contribution in [0.2, 0.25) is 0 Å². The molecule has 3 N–H and O–H groups in total. The molecule has 3 rings (SSSR count). The number of phenols is 3. The maximum atomic E-state index is 12.4. The SMILES string of the molecule is O=C1/C(=C\c2ccc(O)cc2O)SC(=S)N1/N=C/c1ccccc1O. The zero-order valence-electron chi connectivity index (χ0n) is 12.7. The molecular weight excluding hydrogens is 360 g/mol. The van der Waals surface area contributed by atoms with Crippen molar-refractivity contribution in [1.82, 2.24) is 5.01 Å². The second kappa shape index (κ2) is 6.96. The number of para-hydroxylation sites is 1. The van der Waals surface area contributed by atoms with Gasteiger partial charge in [0.1, 0.15) is 17.2 Å². The molecule has 2 aromatic carbocycles. The molecule has 2 aromatic rings. The van der Waals surface area contributed by atoms with E-state index in [2.05, 4.69) is 5.10 Å². The summed E-state index contributed by atoms with van der Waals surface area (Å²) < 4.78 is 0.237. The van der Waals surface area contributed by atoms with E-state index in [9.17, 15) is 20.1 Å². The second-order valence-corrected chi connectivity index (χ2v) is 6.72. The van der Waals surface area contributed by atoms with Crippen molar-refractivity contribution in [3.63, 3.8) is 0 Å². The molecule has 25 heavy (non-hydrogen) atoms. The van der Waals surface area contributed by atoms with E-state index in [0.717, 1.165) is 16.8 Å². The number of benzene rings is 2. The molecule has 8 heteroatoms. The van der Waals surface area contributed by atoms with Crippen LogP contribution in [0.15, 0.2) is 52.5 Å². The molecule has 0 aromatic heterocycles. The summed E-state index contributed by atoms with van der Waals surface area (Å²) in [5.74, 6) is -0.618. The quantitative estimate of drug-likeness (QED) is 0.436. The molecule has 1 fully saturated rings. The van der Waals surface area contributed by atoms with E-state index < -0.39 is 5.91 Å². The predicted octanol–water partition coefficient (Wildman–Crippen LogP) is 3.04. The van der Waals surface area contributed by atoms with Crippen LogP contribution in [0.1, 0.15) is 11.1 Å². The molecule has 0 atom stereocenters. The van der Waals surface area contributed by atoms with Crippen molar-refractivity contribution in [2.75, 3.05) is 0 Å². The zero-order valence-corrected chi connectivity index (χ0v) is 14.3. The van der Waals surface area contributed by atoms with Gasteiger partial charge in [-0.2, -0.15) is 10.1 Å². The highest BCUT2D eigenvalue weighted by Crippen LogP contribution is 2.35. The van der Waals surface area contributed by atoms with E-state index in [4.69, 9.17) is 12.2 Å². The van der Waals surface area contributed by atoms with Crippen molar-refractivity contribution < 1.29 is 20.1 Å². The molecule has 1 heterocycles. The normalized spacial score (nSPS) is 16.3. The molecule has 1 saturated heterocycles. The van der Waals surface area contributed by atoms with Crippen LogP contribution in [0, 0.1) is 0 Å². The Hall–Kier alpha value is -2.84. The smallest absolute Gasteiger partial charge is 0.286 e. The van der Waals surface area contributed by atoms with Gasteiger partial charge in [0, 0.05) is 17.2 Å². The fraction of sp³-hybridized carbons (Fsp3) is 0. The molecule has 0 bridgehead atoms. The van der Waals surface area contributed by atoms with Crippen LogP contribution in [-0.4, -0.2) is 36.8 Å². The number of rotatable bonds is 3. The van der Waals surface area contributed by atoms with Crippen LogP contribution in [0.5, 0.6) is 17.2 Å². The first-order valence-electron chi connectivity index (χ1n) is 7.07. The number of thioether (sulfide) groups is 1. The maximum Gasteiger partial charge on any atom is 0.286 e. The van der Waals surface area contributed by atoms with Gasteiger partial charge in [-0.25, -0.2) is 0 Å². The van der Waals surface area contributed by atoms with E-state index in [1.165, 1.54) is 36.6 Å². The van der Waals surface area contributed by atoms with Gasteiger partial charge in [0.05, 0.1) is 11.1 Å². The number of hydrogen-bond acceptors (Lipinski definition) is 7. The summed E-state index contributed by atoms with van der Waals surface area (Å²) in [4.78, 5) is 12.7. The third-order valence-corrected chi connectivity index (χ3v) is 4.61. The zero-order chi connectivity index (χ0) is 18.0. The first kappa shape index (κ1) is 17.0. The fourth-order valence-corrected chi connectivity index (χ4v) is 3.23. The molecule has 1 amide bonds. The van der Waals surface area contributed by atoms with E-state index in [0.29, 0.717) is 16.0 Å². The average Bonchev–Trinajstić information content (AvgIpc) is 2.83. The van der Waals surface area contributed by atoms with Crippen molar-refractivity contribution in [1.29, 1.82) is 0 Å². The summed E-state index contributed by atoms with van der Waals surface area (Å²) in [5.41, 5.74) is 0.833. The van der Waals surface area contributed by atoms with E-state index in [-0.39, 0.29) is 21.6 Å². The monoisotopic (exact) mass is 372 g/mol. The lowest BCUT2D eigenvalue weighted by molar-refractivity contribution is -0.122. The summed E-state index contributed by atoms with van der Waals surface area (Å²) in [6, 6.07) is 10.7. The number of aromatic hydroxyl groups is 3. The number of phenolic OH excluding ortho intramolecular Hbond substituents is 3. The van der Waals surface area contributed by atoms with Gasteiger partial charge in [0.25, 0.3) is 5.91 Å². The molecule has 6 nitrogen and oxygen atoms in total. The lowest BCUT2D eigenvalue weighted by Gasteiger charge is -2.06. The minimum atomic E-state index is -0.436. The Morgan fingerprint density at radius 1 is 1.04 bits per heavy atom. The Labute approximate surface area is 152 Å². The number of amides is 1. The van der Waals surface area contributed by atoms with Crippen LogP contribution in [0.25, 0.3) is 6.08 Å². The van der Waals surface area contributed by atoms with Crippen LogP contribution >= 0.6 is 24.0 Å². The number of hydrazone groups is 1. The number of thiocarbonyl (C=S) groups is 1. The van der Waals surface area contributed by atoms with Gasteiger partial charge in [0.2, 0.25) is 0 Å². The molecule has 0 unspecified atom stereocenters. The largest absolute Gasteiger partial charge is 0.508 e. The molecule has 0 spiro atoms. The van der Waals surface area contributed by atoms with Crippen LogP contribution in [-0.2, 0) is 4.79 Å². The number of carbonyl (C=O) groups is 1. The van der Waals surface area contributed by atoms with Gasteiger partial charge in [-0.05, 0) is 42.6 Å². The van der Waals surface area contributed by atoms with Crippen molar-refractivity contribution in [2.24, 2.45) is 5.10 Å². The summed E-state index contributed by atoms with van der Waals surface area (Å²) in [5, 5.41) is 34.0. The molecule has 0 saturated carbocycles. The lowest BCUT2D eigenvalue weighted by Crippen LogP contribution is -2.22. The lowest BCUT2D eigenvalue weighted by atomic mass is 10.1. The second-order valence-electron chi connectivity index (χ2n) is 5.04. The number of hydrogen-bond donors (Lipinski definition) is 3. The molecule has 1 aliphatic heterocycles. The van der Waals surface area contributed by atoms with Crippen LogP contribution in [0.4, 0.5) is 0 Å². The van der Waals surface area contributed by atoms with Gasteiger partial charge in [0.15, 0.2) is 4.32 Å². The Kier molecular flexibility index (Phi) is 4.73. The third kappa shape index (κ3) is 3.65.